The van der Waals surface area contributed by atoms with E-state index in [0.717, 1.165) is 40.7 Å². The minimum absolute atomic E-state index is 0.230. The van der Waals surface area contributed by atoms with Gasteiger partial charge < -0.3 is 0 Å². The Morgan fingerprint density at radius 1 is 1.14 bits per heavy atom. The predicted octanol–water partition coefficient (Wildman–Crippen LogP) is 6.41. The minimum Gasteiger partial charge on any atom is -0.291 e. The first-order valence-corrected chi connectivity index (χ1v) is 14.9. The maximum atomic E-state index is 13.7. The maximum Gasteiger partial charge on any atom is 0.211 e. The highest BCUT2D eigenvalue weighted by Gasteiger charge is 2.31. The van der Waals surface area contributed by atoms with Crippen molar-refractivity contribution in [3.8, 4) is 5.69 Å². The van der Waals surface area contributed by atoms with Gasteiger partial charge in [0, 0.05) is 29.9 Å². The standard InChI is InChI=1S/C25H28Cl2FN3O2S2/c1-25(2,18-6-11-21(26)22(27)13-18)23-14-29-24(31(23)20-9-7-19(28)8-10-20)34-16-17-5-4-12-30(15-17)35(3,32)33/h6-11,13-14,17H,4-5,12,15-16H2,1-3H3. The number of hydrogen-bond donors (Lipinski definition) is 0. The summed E-state index contributed by atoms with van der Waals surface area (Å²) in [6, 6.07) is 11.9. The predicted molar refractivity (Wildman–Crippen MR) is 142 cm³/mol. The lowest BCUT2D eigenvalue weighted by Crippen LogP contribution is -2.39. The number of nitrogens with zero attached hydrogens (tertiary/aromatic N) is 3. The minimum atomic E-state index is -3.20. The van der Waals surface area contributed by atoms with Crippen LogP contribution in [0.3, 0.4) is 0 Å². The van der Waals surface area contributed by atoms with E-state index >= 15 is 0 Å². The zero-order valence-corrected chi connectivity index (χ0v) is 23.0. The van der Waals surface area contributed by atoms with Crippen molar-refractivity contribution in [2.24, 2.45) is 5.92 Å². The Labute approximate surface area is 220 Å². The number of aromatic nitrogens is 2. The zero-order chi connectivity index (χ0) is 25.4. The Bertz CT molecular complexity index is 1310. The summed E-state index contributed by atoms with van der Waals surface area (Å²) in [6.45, 7) is 5.27. The molecule has 10 heteroatoms. The van der Waals surface area contributed by atoms with Crippen LogP contribution in [0.1, 0.15) is 37.9 Å². The average Bonchev–Trinajstić information content (AvgIpc) is 3.24. The molecule has 2 heterocycles. The van der Waals surface area contributed by atoms with Gasteiger partial charge in [0.25, 0.3) is 0 Å². The van der Waals surface area contributed by atoms with Crippen LogP contribution in [0.15, 0.2) is 53.8 Å². The summed E-state index contributed by atoms with van der Waals surface area (Å²) < 4.78 is 41.4. The van der Waals surface area contributed by atoms with Crippen LogP contribution in [0.4, 0.5) is 4.39 Å². The van der Waals surface area contributed by atoms with Gasteiger partial charge in [-0.25, -0.2) is 22.1 Å². The van der Waals surface area contributed by atoms with Crippen molar-refractivity contribution in [1.29, 1.82) is 0 Å². The van der Waals surface area contributed by atoms with Crippen molar-refractivity contribution in [3.63, 3.8) is 0 Å². The molecule has 0 N–H and O–H groups in total. The van der Waals surface area contributed by atoms with Crippen molar-refractivity contribution in [1.82, 2.24) is 13.9 Å². The summed E-state index contributed by atoms with van der Waals surface area (Å²) in [7, 11) is -3.20. The van der Waals surface area contributed by atoms with Gasteiger partial charge in [0.2, 0.25) is 10.0 Å². The Balaban J connectivity index is 1.68. The number of imidazole rings is 1. The summed E-state index contributed by atoms with van der Waals surface area (Å²) in [6.07, 6.45) is 4.93. The molecular weight excluding hydrogens is 528 g/mol. The molecule has 1 aliphatic heterocycles. The SMILES string of the molecule is CC(C)(c1ccc(Cl)c(Cl)c1)c1cnc(SCC2CCCN(S(C)(=O)=O)C2)n1-c1ccc(F)cc1. The number of thioether (sulfide) groups is 1. The Morgan fingerprint density at radius 2 is 1.86 bits per heavy atom. The second-order valence-electron chi connectivity index (χ2n) is 9.43. The molecular formula is C25H28Cl2FN3O2S2. The van der Waals surface area contributed by atoms with Crippen LogP contribution >= 0.6 is 35.0 Å². The van der Waals surface area contributed by atoms with Gasteiger partial charge in [-0.3, -0.25) is 4.57 Å². The number of halogens is 3. The van der Waals surface area contributed by atoms with Crippen molar-refractivity contribution in [3.05, 3.63) is 75.8 Å². The van der Waals surface area contributed by atoms with Gasteiger partial charge in [-0.2, -0.15) is 0 Å². The van der Waals surface area contributed by atoms with Crippen LogP contribution in [0.2, 0.25) is 10.0 Å². The van der Waals surface area contributed by atoms with Crippen LogP contribution in [-0.2, 0) is 15.4 Å². The molecule has 0 bridgehead atoms. The fourth-order valence-electron chi connectivity index (χ4n) is 4.41. The van der Waals surface area contributed by atoms with Crippen LogP contribution in [0, 0.1) is 11.7 Å². The lowest BCUT2D eigenvalue weighted by Gasteiger charge is -2.31. The summed E-state index contributed by atoms with van der Waals surface area (Å²) in [5.74, 6) is 0.654. The molecule has 0 spiro atoms. The number of sulfonamides is 1. The highest BCUT2D eigenvalue weighted by molar-refractivity contribution is 7.99. The molecule has 35 heavy (non-hydrogen) atoms. The summed E-state index contributed by atoms with van der Waals surface area (Å²) in [4.78, 5) is 4.74. The molecule has 0 radical (unpaired) electrons. The zero-order valence-electron chi connectivity index (χ0n) is 19.8. The van der Waals surface area contributed by atoms with Gasteiger partial charge in [0.15, 0.2) is 5.16 Å². The molecule has 0 aliphatic carbocycles. The van der Waals surface area contributed by atoms with Gasteiger partial charge >= 0.3 is 0 Å². The van der Waals surface area contributed by atoms with E-state index in [9.17, 15) is 12.8 Å². The molecule has 3 aromatic rings. The molecule has 1 atom stereocenters. The third-order valence-corrected chi connectivity index (χ3v) is 9.69. The number of piperidine rings is 1. The number of benzene rings is 2. The number of rotatable bonds is 7. The van der Waals surface area contributed by atoms with Crippen molar-refractivity contribution >= 4 is 45.0 Å². The molecule has 1 saturated heterocycles. The summed E-state index contributed by atoms with van der Waals surface area (Å²) >= 11 is 14.1. The summed E-state index contributed by atoms with van der Waals surface area (Å²) in [5, 5.41) is 1.74. The molecule has 1 aromatic heterocycles. The van der Waals surface area contributed by atoms with E-state index in [-0.39, 0.29) is 11.7 Å². The molecule has 1 unspecified atom stereocenters. The Kier molecular flexibility index (Phi) is 7.88. The topological polar surface area (TPSA) is 55.2 Å². The molecule has 0 saturated carbocycles. The smallest absolute Gasteiger partial charge is 0.211 e. The average molecular weight is 557 g/mol. The third kappa shape index (κ3) is 5.88. The monoisotopic (exact) mass is 555 g/mol. The van der Waals surface area contributed by atoms with Crippen LogP contribution in [0.5, 0.6) is 0 Å². The van der Waals surface area contributed by atoms with E-state index < -0.39 is 15.4 Å². The molecule has 188 valence electrons. The van der Waals surface area contributed by atoms with Gasteiger partial charge in [-0.15, -0.1) is 0 Å². The lowest BCUT2D eigenvalue weighted by atomic mass is 9.81. The van der Waals surface area contributed by atoms with E-state index in [4.69, 9.17) is 28.2 Å². The highest BCUT2D eigenvalue weighted by atomic mass is 35.5. The van der Waals surface area contributed by atoms with Gasteiger partial charge in [0.05, 0.1) is 28.2 Å². The quantitative estimate of drug-likeness (QED) is 0.316. The van der Waals surface area contributed by atoms with Crippen LogP contribution in [0.25, 0.3) is 5.69 Å². The second kappa shape index (κ2) is 10.4. The maximum absolute atomic E-state index is 13.7. The van der Waals surface area contributed by atoms with Gasteiger partial charge in [-0.05, 0) is 60.7 Å². The fourth-order valence-corrected chi connectivity index (χ4v) is 6.76. The molecule has 2 aromatic carbocycles. The fraction of sp³-hybridized carbons (Fsp3) is 0.400. The van der Waals surface area contributed by atoms with Gasteiger partial charge in [0.1, 0.15) is 5.82 Å². The highest BCUT2D eigenvalue weighted by Crippen LogP contribution is 2.38. The van der Waals surface area contributed by atoms with Crippen LogP contribution in [-0.4, -0.2) is 47.4 Å². The van der Waals surface area contributed by atoms with E-state index in [1.807, 2.05) is 22.9 Å². The Hall–Kier alpha value is -1.58. The van der Waals surface area contributed by atoms with E-state index in [1.54, 1.807) is 34.3 Å². The molecule has 1 aliphatic rings. The van der Waals surface area contributed by atoms with E-state index in [2.05, 4.69) is 13.8 Å². The van der Waals surface area contributed by atoms with Crippen molar-refractivity contribution in [2.45, 2.75) is 37.3 Å². The van der Waals surface area contributed by atoms with Crippen LogP contribution < -0.4 is 0 Å². The molecule has 1 fully saturated rings. The molecule has 4 rings (SSSR count). The van der Waals surface area contributed by atoms with E-state index in [1.165, 1.54) is 18.4 Å². The first kappa shape index (κ1) is 26.5. The second-order valence-corrected chi connectivity index (χ2v) is 13.2. The molecule has 0 amide bonds. The summed E-state index contributed by atoms with van der Waals surface area (Å²) in [5.41, 5.74) is 2.22. The lowest BCUT2D eigenvalue weighted by molar-refractivity contribution is 0.286. The van der Waals surface area contributed by atoms with Gasteiger partial charge in [-0.1, -0.05) is 54.9 Å². The third-order valence-electron chi connectivity index (χ3n) is 6.49. The Morgan fingerprint density at radius 3 is 2.51 bits per heavy atom. The molecule has 5 nitrogen and oxygen atoms in total. The first-order valence-electron chi connectivity index (χ1n) is 11.3. The number of hydrogen-bond acceptors (Lipinski definition) is 4. The van der Waals surface area contributed by atoms with E-state index in [0.29, 0.717) is 23.1 Å². The largest absolute Gasteiger partial charge is 0.291 e. The van der Waals surface area contributed by atoms with Crippen molar-refractivity contribution < 1.29 is 12.8 Å². The van der Waals surface area contributed by atoms with Crippen molar-refractivity contribution in [2.75, 3.05) is 25.1 Å². The first-order chi connectivity index (χ1) is 16.5. The normalized spacial score (nSPS) is 17.6.